The first-order valence-electron chi connectivity index (χ1n) is 10.3. The van der Waals surface area contributed by atoms with Gasteiger partial charge in [-0.25, -0.2) is 9.37 Å². The third kappa shape index (κ3) is 5.16. The van der Waals surface area contributed by atoms with E-state index in [1.54, 1.807) is 48.7 Å². The monoisotopic (exact) mass is 427 g/mol. The van der Waals surface area contributed by atoms with Crippen molar-refractivity contribution in [3.63, 3.8) is 0 Å². The SMILES string of the molecule is CC(C)c1ccc(NC(=O)c2ccc(Oc3ccnc(-c4cccc(F)c4)n3)cc2)cc1. The Hall–Kier alpha value is -4.06. The molecule has 0 saturated carbocycles. The fourth-order valence-electron chi connectivity index (χ4n) is 3.12. The summed E-state index contributed by atoms with van der Waals surface area (Å²) in [6.45, 7) is 4.25. The molecule has 0 saturated heterocycles. The molecule has 0 aliphatic rings. The van der Waals surface area contributed by atoms with Crippen molar-refractivity contribution in [3.05, 3.63) is 102 Å². The summed E-state index contributed by atoms with van der Waals surface area (Å²) >= 11 is 0. The van der Waals surface area contributed by atoms with Gasteiger partial charge in [-0.15, -0.1) is 0 Å². The molecule has 5 nitrogen and oxygen atoms in total. The zero-order chi connectivity index (χ0) is 22.5. The topological polar surface area (TPSA) is 64.1 Å². The molecule has 0 aliphatic heterocycles. The van der Waals surface area contributed by atoms with Crippen LogP contribution in [0.25, 0.3) is 11.4 Å². The largest absolute Gasteiger partial charge is 0.439 e. The molecular weight excluding hydrogens is 405 g/mol. The summed E-state index contributed by atoms with van der Waals surface area (Å²) < 4.78 is 19.3. The van der Waals surface area contributed by atoms with Gasteiger partial charge < -0.3 is 10.1 Å². The number of carbonyl (C=O) groups excluding carboxylic acids is 1. The van der Waals surface area contributed by atoms with E-state index in [2.05, 4.69) is 29.1 Å². The molecule has 1 amide bonds. The molecule has 0 fully saturated rings. The van der Waals surface area contributed by atoms with Crippen molar-refractivity contribution in [1.29, 1.82) is 0 Å². The normalized spacial score (nSPS) is 10.8. The average molecular weight is 427 g/mol. The Balaban J connectivity index is 1.42. The van der Waals surface area contributed by atoms with Crippen molar-refractivity contribution in [2.75, 3.05) is 5.32 Å². The van der Waals surface area contributed by atoms with Crippen LogP contribution in [0.4, 0.5) is 10.1 Å². The highest BCUT2D eigenvalue weighted by Gasteiger charge is 2.09. The molecule has 0 spiro atoms. The van der Waals surface area contributed by atoms with Gasteiger partial charge in [-0.2, -0.15) is 4.98 Å². The number of nitrogens with one attached hydrogen (secondary N) is 1. The number of rotatable bonds is 6. The number of ether oxygens (including phenoxy) is 1. The Morgan fingerprint density at radius 2 is 1.72 bits per heavy atom. The maximum absolute atomic E-state index is 13.5. The van der Waals surface area contributed by atoms with Crippen molar-refractivity contribution < 1.29 is 13.9 Å². The quantitative estimate of drug-likeness (QED) is 0.384. The minimum Gasteiger partial charge on any atom is -0.439 e. The number of carbonyl (C=O) groups is 1. The highest BCUT2D eigenvalue weighted by atomic mass is 19.1. The van der Waals surface area contributed by atoms with E-state index in [0.29, 0.717) is 34.5 Å². The van der Waals surface area contributed by atoms with Crippen molar-refractivity contribution >= 4 is 11.6 Å². The van der Waals surface area contributed by atoms with Gasteiger partial charge in [-0.3, -0.25) is 4.79 Å². The Bertz CT molecular complexity index is 1220. The Morgan fingerprint density at radius 3 is 2.41 bits per heavy atom. The Morgan fingerprint density at radius 1 is 0.969 bits per heavy atom. The summed E-state index contributed by atoms with van der Waals surface area (Å²) in [5.41, 5.74) is 3.03. The van der Waals surface area contributed by atoms with Gasteiger partial charge in [0.15, 0.2) is 5.82 Å². The highest BCUT2D eigenvalue weighted by molar-refractivity contribution is 6.04. The molecule has 0 aliphatic carbocycles. The first kappa shape index (κ1) is 21.2. The second-order valence-electron chi connectivity index (χ2n) is 7.59. The number of amides is 1. The van der Waals surface area contributed by atoms with Crippen LogP contribution in [0.2, 0.25) is 0 Å². The lowest BCUT2D eigenvalue weighted by Crippen LogP contribution is -2.11. The van der Waals surface area contributed by atoms with E-state index >= 15 is 0 Å². The van der Waals surface area contributed by atoms with Crippen LogP contribution >= 0.6 is 0 Å². The predicted molar refractivity (Wildman–Crippen MR) is 122 cm³/mol. The van der Waals surface area contributed by atoms with Gasteiger partial charge in [0.25, 0.3) is 5.91 Å². The maximum Gasteiger partial charge on any atom is 0.255 e. The molecule has 0 unspecified atom stereocenters. The van der Waals surface area contributed by atoms with E-state index in [4.69, 9.17) is 4.74 Å². The molecule has 0 atom stereocenters. The van der Waals surface area contributed by atoms with E-state index in [1.165, 1.54) is 17.7 Å². The first-order chi connectivity index (χ1) is 15.5. The summed E-state index contributed by atoms with van der Waals surface area (Å²) in [5.74, 6) is 1.08. The fourth-order valence-corrected chi connectivity index (χ4v) is 3.12. The van der Waals surface area contributed by atoms with Gasteiger partial charge in [0.05, 0.1) is 0 Å². The number of aromatic nitrogens is 2. The Kier molecular flexibility index (Phi) is 6.22. The summed E-state index contributed by atoms with van der Waals surface area (Å²) in [6.07, 6.45) is 1.55. The van der Waals surface area contributed by atoms with Gasteiger partial charge in [-0.05, 0) is 60.0 Å². The minimum absolute atomic E-state index is 0.204. The zero-order valence-electron chi connectivity index (χ0n) is 17.7. The minimum atomic E-state index is -0.359. The molecule has 6 heteroatoms. The van der Waals surface area contributed by atoms with Gasteiger partial charge in [-0.1, -0.05) is 38.1 Å². The summed E-state index contributed by atoms with van der Waals surface area (Å²) in [6, 6.07) is 22.2. The van der Waals surface area contributed by atoms with Crippen LogP contribution in [0, 0.1) is 5.82 Å². The third-order valence-corrected chi connectivity index (χ3v) is 4.89. The van der Waals surface area contributed by atoms with Crippen LogP contribution in [0.3, 0.4) is 0 Å². The maximum atomic E-state index is 13.5. The first-order valence-corrected chi connectivity index (χ1v) is 10.3. The van der Waals surface area contributed by atoms with Crippen molar-refractivity contribution in [1.82, 2.24) is 9.97 Å². The van der Waals surface area contributed by atoms with Crippen LogP contribution in [0.1, 0.15) is 35.7 Å². The average Bonchev–Trinajstić information content (AvgIpc) is 2.80. The van der Waals surface area contributed by atoms with E-state index in [1.807, 2.05) is 24.3 Å². The molecule has 0 bridgehead atoms. The van der Waals surface area contributed by atoms with Crippen LogP contribution in [-0.4, -0.2) is 15.9 Å². The van der Waals surface area contributed by atoms with Crippen LogP contribution in [0.5, 0.6) is 11.6 Å². The smallest absolute Gasteiger partial charge is 0.255 e. The standard InChI is InChI=1S/C26H22FN3O2/c1-17(2)18-6-10-22(11-7-18)29-26(31)19-8-12-23(13-9-19)32-24-14-15-28-25(30-24)20-4-3-5-21(27)16-20/h3-17H,1-2H3,(H,29,31). The second kappa shape index (κ2) is 9.39. The molecule has 160 valence electrons. The number of anilines is 1. The van der Waals surface area contributed by atoms with Crippen LogP contribution < -0.4 is 10.1 Å². The van der Waals surface area contributed by atoms with E-state index < -0.39 is 0 Å². The number of benzene rings is 3. The zero-order valence-corrected chi connectivity index (χ0v) is 17.7. The van der Waals surface area contributed by atoms with E-state index in [0.717, 1.165) is 5.69 Å². The number of nitrogens with zero attached hydrogens (tertiary/aromatic N) is 2. The molecular formula is C26H22FN3O2. The number of hydrogen-bond acceptors (Lipinski definition) is 4. The lowest BCUT2D eigenvalue weighted by molar-refractivity contribution is 0.102. The van der Waals surface area contributed by atoms with Crippen LogP contribution in [-0.2, 0) is 0 Å². The molecule has 3 aromatic carbocycles. The molecule has 32 heavy (non-hydrogen) atoms. The van der Waals surface area contributed by atoms with Crippen molar-refractivity contribution in [3.8, 4) is 23.0 Å². The number of halogens is 1. The lowest BCUT2D eigenvalue weighted by atomic mass is 10.0. The second-order valence-corrected chi connectivity index (χ2v) is 7.59. The van der Waals surface area contributed by atoms with Crippen LogP contribution in [0.15, 0.2) is 85.1 Å². The van der Waals surface area contributed by atoms with Crippen molar-refractivity contribution in [2.45, 2.75) is 19.8 Å². The highest BCUT2D eigenvalue weighted by Crippen LogP contribution is 2.23. The van der Waals surface area contributed by atoms with Gasteiger partial charge in [0.2, 0.25) is 5.88 Å². The molecule has 4 aromatic rings. The molecule has 4 rings (SSSR count). The molecule has 0 radical (unpaired) electrons. The number of hydrogen-bond donors (Lipinski definition) is 1. The summed E-state index contributed by atoms with van der Waals surface area (Å²) in [5, 5.41) is 2.89. The molecule has 1 aromatic heterocycles. The van der Waals surface area contributed by atoms with Gasteiger partial charge >= 0.3 is 0 Å². The molecule has 1 heterocycles. The predicted octanol–water partition coefficient (Wildman–Crippen LogP) is 6.45. The third-order valence-electron chi connectivity index (χ3n) is 4.89. The lowest BCUT2D eigenvalue weighted by Gasteiger charge is -2.09. The summed E-state index contributed by atoms with van der Waals surface area (Å²) in [4.78, 5) is 21.0. The van der Waals surface area contributed by atoms with Crippen molar-refractivity contribution in [2.24, 2.45) is 0 Å². The molecule has 1 N–H and O–H groups in total. The van der Waals surface area contributed by atoms with Gasteiger partial charge in [0, 0.05) is 29.1 Å². The van der Waals surface area contributed by atoms with E-state index in [-0.39, 0.29) is 11.7 Å². The Labute approximate surface area is 185 Å². The fraction of sp³-hybridized carbons (Fsp3) is 0.115. The summed E-state index contributed by atoms with van der Waals surface area (Å²) in [7, 11) is 0. The van der Waals surface area contributed by atoms with E-state index in [9.17, 15) is 9.18 Å². The van der Waals surface area contributed by atoms with Gasteiger partial charge in [0.1, 0.15) is 11.6 Å².